The Hall–Kier alpha value is -3.44. The van der Waals surface area contributed by atoms with Crippen molar-refractivity contribution in [3.05, 3.63) is 84.9 Å². The molecule has 4 rings (SSSR count). The third-order valence-corrected chi connectivity index (χ3v) is 5.96. The number of hydrogen-bond donors (Lipinski definition) is 4. The Morgan fingerprint density at radius 1 is 0.853 bits per heavy atom. The van der Waals surface area contributed by atoms with Gasteiger partial charge in [0.05, 0.1) is 35.7 Å². The molecule has 0 unspecified atom stereocenters. The molecule has 0 radical (unpaired) electrons. The van der Waals surface area contributed by atoms with Gasteiger partial charge >= 0.3 is 7.12 Å². The number of thiazole rings is 2. The van der Waals surface area contributed by atoms with Crippen molar-refractivity contribution < 1.29 is 19.9 Å². The van der Waals surface area contributed by atoms with Crippen LogP contribution in [0.5, 0.6) is 0 Å². The van der Waals surface area contributed by atoms with Crippen molar-refractivity contribution in [1.82, 2.24) is 9.97 Å². The average molecular weight is 567 g/mol. The molecule has 0 aliphatic rings. The lowest BCUT2D eigenvalue weighted by Crippen LogP contribution is -2.31. The van der Waals surface area contributed by atoms with E-state index >= 15 is 0 Å². The molecule has 2 heterocycles. The molecular formula is C18H16BBrN6O6S2. The highest BCUT2D eigenvalue weighted by atomic mass is 79.9. The molecule has 4 aromatic rings. The fraction of sp³-hybridized carbons (Fsp3) is 0. The number of nitrogen functional groups attached to an aromatic ring is 2. The summed E-state index contributed by atoms with van der Waals surface area (Å²) in [4.78, 5) is 28.3. The normalized spacial score (nSPS) is 9.74. The second-order valence-electron chi connectivity index (χ2n) is 6.03. The van der Waals surface area contributed by atoms with Crippen LogP contribution in [0.1, 0.15) is 0 Å². The van der Waals surface area contributed by atoms with Crippen LogP contribution in [-0.4, -0.2) is 37.0 Å². The molecule has 0 aliphatic carbocycles. The molecule has 176 valence electrons. The van der Waals surface area contributed by atoms with Crippen LogP contribution in [0, 0.1) is 20.2 Å². The summed E-state index contributed by atoms with van der Waals surface area (Å²) in [5.41, 5.74) is 11.0. The van der Waals surface area contributed by atoms with Gasteiger partial charge in [0, 0.05) is 18.3 Å². The molecule has 0 spiro atoms. The summed E-state index contributed by atoms with van der Waals surface area (Å²) in [5, 5.41) is 39.5. The van der Waals surface area contributed by atoms with E-state index in [4.69, 9.17) is 21.5 Å². The number of benzene rings is 2. The van der Waals surface area contributed by atoms with Gasteiger partial charge in [-0.2, -0.15) is 0 Å². The van der Waals surface area contributed by atoms with Crippen LogP contribution >= 0.6 is 38.6 Å². The van der Waals surface area contributed by atoms with E-state index in [1.54, 1.807) is 30.6 Å². The maximum Gasteiger partial charge on any atom is 0.495 e. The number of hydrogen-bond acceptors (Lipinski definition) is 12. The van der Waals surface area contributed by atoms with E-state index in [9.17, 15) is 20.2 Å². The number of nitro groups is 2. The van der Waals surface area contributed by atoms with Gasteiger partial charge in [-0.05, 0) is 22.0 Å². The summed E-state index contributed by atoms with van der Waals surface area (Å²) in [6.45, 7) is 0. The van der Waals surface area contributed by atoms with Crippen LogP contribution in [0.15, 0.2) is 64.7 Å². The standard InChI is InChI=1S/C9H7N3O2S.C6H6BNO4.C3H3BrN2S/c10-9-11-5-8(15-9)6-3-1-2-4-7(6)12(13)14;9-7(10)5-3-1-2-4-6(5)8(11)12;4-2-1-6-3(5)7-2/h1-5H,(H2,10,11);1-4,9-10H;1H,(H2,5,6). The second-order valence-corrected chi connectivity index (χ2v) is 9.53. The highest BCUT2D eigenvalue weighted by Gasteiger charge is 2.22. The first-order chi connectivity index (χ1) is 16.1. The molecule has 2 aromatic heterocycles. The fourth-order valence-corrected chi connectivity index (χ4v) is 4.12. The number of nitro benzene ring substituents is 2. The van der Waals surface area contributed by atoms with E-state index in [0.717, 1.165) is 3.79 Å². The summed E-state index contributed by atoms with van der Waals surface area (Å²) in [6, 6.07) is 12.0. The first-order valence-electron chi connectivity index (χ1n) is 9.01. The number of aromatic nitrogens is 2. The van der Waals surface area contributed by atoms with Crippen molar-refractivity contribution in [1.29, 1.82) is 0 Å². The van der Waals surface area contributed by atoms with E-state index in [2.05, 4.69) is 25.9 Å². The summed E-state index contributed by atoms with van der Waals surface area (Å²) in [7, 11) is -1.80. The van der Waals surface area contributed by atoms with E-state index in [-0.39, 0.29) is 16.8 Å². The van der Waals surface area contributed by atoms with Gasteiger partial charge in [-0.1, -0.05) is 53.0 Å². The van der Waals surface area contributed by atoms with Crippen molar-refractivity contribution in [2.45, 2.75) is 0 Å². The van der Waals surface area contributed by atoms with E-state index in [1.807, 2.05) is 0 Å². The number of nitrogens with two attached hydrogens (primary N) is 2. The lowest BCUT2D eigenvalue weighted by molar-refractivity contribution is -0.384. The van der Waals surface area contributed by atoms with Crippen LogP contribution in [0.25, 0.3) is 10.4 Å². The summed E-state index contributed by atoms with van der Waals surface area (Å²) < 4.78 is 0.977. The number of halogens is 1. The van der Waals surface area contributed by atoms with Gasteiger partial charge < -0.3 is 21.5 Å². The van der Waals surface area contributed by atoms with E-state index < -0.39 is 17.0 Å². The van der Waals surface area contributed by atoms with Crippen molar-refractivity contribution in [2.75, 3.05) is 11.5 Å². The molecule has 2 aromatic carbocycles. The van der Waals surface area contributed by atoms with Crippen molar-refractivity contribution in [2.24, 2.45) is 0 Å². The molecule has 12 nitrogen and oxygen atoms in total. The summed E-state index contributed by atoms with van der Waals surface area (Å²) in [5.74, 6) is 0. The average Bonchev–Trinajstić information content (AvgIpc) is 3.41. The number of nitrogens with zero attached hydrogens (tertiary/aromatic N) is 4. The maximum atomic E-state index is 10.8. The van der Waals surface area contributed by atoms with E-state index in [1.165, 1.54) is 53.0 Å². The number of anilines is 2. The second kappa shape index (κ2) is 12.7. The predicted molar refractivity (Wildman–Crippen MR) is 136 cm³/mol. The van der Waals surface area contributed by atoms with Crippen LogP contribution < -0.4 is 16.9 Å². The van der Waals surface area contributed by atoms with Gasteiger partial charge in [0.1, 0.15) is 0 Å². The topological polar surface area (TPSA) is 205 Å². The first-order valence-corrected chi connectivity index (χ1v) is 11.4. The van der Waals surface area contributed by atoms with Gasteiger partial charge in [-0.25, -0.2) is 9.97 Å². The first kappa shape index (κ1) is 26.8. The predicted octanol–water partition coefficient (Wildman–Crippen LogP) is 3.06. The Bertz CT molecular complexity index is 1250. The van der Waals surface area contributed by atoms with Crippen LogP contribution in [0.2, 0.25) is 0 Å². The molecule has 16 heteroatoms. The van der Waals surface area contributed by atoms with Gasteiger partial charge in [0.25, 0.3) is 11.4 Å². The van der Waals surface area contributed by atoms with Crippen molar-refractivity contribution in [3.8, 4) is 10.4 Å². The zero-order chi connectivity index (χ0) is 25.3. The quantitative estimate of drug-likeness (QED) is 0.161. The molecule has 0 amide bonds. The Morgan fingerprint density at radius 3 is 1.79 bits per heavy atom. The lowest BCUT2D eigenvalue weighted by atomic mass is 9.79. The zero-order valence-electron chi connectivity index (χ0n) is 17.0. The van der Waals surface area contributed by atoms with Gasteiger partial charge in [0.2, 0.25) is 0 Å². The largest absolute Gasteiger partial charge is 0.495 e. The van der Waals surface area contributed by atoms with E-state index in [0.29, 0.717) is 20.7 Å². The van der Waals surface area contributed by atoms with Crippen molar-refractivity contribution >= 4 is 72.8 Å². The third-order valence-electron chi connectivity index (χ3n) is 3.80. The molecular weight excluding hydrogens is 551 g/mol. The number of para-hydroxylation sites is 2. The Balaban J connectivity index is 0.000000192. The Morgan fingerprint density at radius 2 is 1.38 bits per heavy atom. The Kier molecular flexibility index (Phi) is 10.0. The molecule has 0 bridgehead atoms. The molecule has 0 atom stereocenters. The molecule has 34 heavy (non-hydrogen) atoms. The van der Waals surface area contributed by atoms with Crippen LogP contribution in [0.4, 0.5) is 21.6 Å². The lowest BCUT2D eigenvalue weighted by Gasteiger charge is -1.99. The zero-order valence-corrected chi connectivity index (χ0v) is 20.2. The smallest absolute Gasteiger partial charge is 0.423 e. The summed E-state index contributed by atoms with van der Waals surface area (Å²) >= 11 is 5.87. The highest BCUT2D eigenvalue weighted by molar-refractivity contribution is 9.11. The van der Waals surface area contributed by atoms with Crippen LogP contribution in [0.3, 0.4) is 0 Å². The molecule has 6 N–H and O–H groups in total. The molecule has 0 saturated heterocycles. The minimum Gasteiger partial charge on any atom is -0.423 e. The number of rotatable bonds is 4. The molecule has 0 fully saturated rings. The third kappa shape index (κ3) is 7.86. The monoisotopic (exact) mass is 566 g/mol. The molecule has 0 saturated carbocycles. The minimum absolute atomic E-state index is 0.0705. The SMILES string of the molecule is Nc1ncc(-c2ccccc2[N+](=O)[O-])s1.Nc1ncc(Br)s1.O=[N+]([O-])c1ccccc1B(O)O. The summed E-state index contributed by atoms with van der Waals surface area (Å²) in [6.07, 6.45) is 3.22. The Labute approximate surface area is 209 Å². The molecule has 0 aliphatic heterocycles. The maximum absolute atomic E-state index is 10.8. The van der Waals surface area contributed by atoms with Crippen LogP contribution in [-0.2, 0) is 0 Å². The van der Waals surface area contributed by atoms with Gasteiger partial charge in [0.15, 0.2) is 10.3 Å². The minimum atomic E-state index is -1.80. The van der Waals surface area contributed by atoms with Gasteiger partial charge in [-0.15, -0.1) is 0 Å². The van der Waals surface area contributed by atoms with Crippen molar-refractivity contribution in [3.63, 3.8) is 0 Å². The van der Waals surface area contributed by atoms with Gasteiger partial charge in [-0.3, -0.25) is 20.2 Å². The fourth-order valence-electron chi connectivity index (χ4n) is 2.39. The highest BCUT2D eigenvalue weighted by Crippen LogP contribution is 2.33.